The third-order valence-electron chi connectivity index (χ3n) is 5.66. The smallest absolute Gasteiger partial charge is 0.412 e. The fourth-order valence-electron chi connectivity index (χ4n) is 4.48. The van der Waals surface area contributed by atoms with Crippen molar-refractivity contribution in [2.45, 2.75) is 87.0 Å². The van der Waals surface area contributed by atoms with Crippen LogP contribution in [0.5, 0.6) is 0 Å². The van der Waals surface area contributed by atoms with Crippen molar-refractivity contribution in [3.05, 3.63) is 0 Å². The minimum Gasteiger partial charge on any atom is -0.444 e. The van der Waals surface area contributed by atoms with Crippen molar-refractivity contribution in [1.29, 1.82) is 5.26 Å². The molecule has 1 saturated heterocycles. The first-order chi connectivity index (χ1) is 11.4. The van der Waals surface area contributed by atoms with E-state index in [1.54, 1.807) is 4.90 Å². The van der Waals surface area contributed by atoms with Crippen LogP contribution < -0.4 is 0 Å². The average molecular weight is 383 g/mol. The maximum absolute atomic E-state index is 13.1. The maximum Gasteiger partial charge on any atom is 0.412 e. The highest BCUT2D eigenvalue weighted by Gasteiger charge is 2.65. The molecular weight excluding hydrogens is 344 g/mol. The van der Waals surface area contributed by atoms with Crippen LogP contribution in [-0.4, -0.2) is 39.3 Å². The lowest BCUT2D eigenvalue weighted by Gasteiger charge is -2.50. The van der Waals surface area contributed by atoms with E-state index in [4.69, 9.17) is 9.16 Å². The molecule has 5 nitrogen and oxygen atoms in total. The maximum atomic E-state index is 13.1. The molecule has 0 aromatic heterocycles. The summed E-state index contributed by atoms with van der Waals surface area (Å²) in [5.74, 6) is 0.214. The fourth-order valence-corrected chi connectivity index (χ4v) is 5.37. The van der Waals surface area contributed by atoms with E-state index in [2.05, 4.69) is 40.7 Å². The number of hydrogen-bond donors (Lipinski definition) is 0. The van der Waals surface area contributed by atoms with Crippen molar-refractivity contribution >= 4 is 16.6 Å². The van der Waals surface area contributed by atoms with Crippen molar-refractivity contribution in [3.8, 4) is 6.07 Å². The lowest BCUT2D eigenvalue weighted by molar-refractivity contribution is -0.140. The molecule has 1 aliphatic rings. The highest BCUT2D eigenvalue weighted by molar-refractivity contribution is 5.98. The van der Waals surface area contributed by atoms with Gasteiger partial charge in [-0.05, 0) is 46.0 Å². The Labute approximate surface area is 163 Å². The number of rotatable bonds is 3. The Balaban J connectivity index is 3.53. The molecule has 0 aliphatic carbocycles. The second-order valence-corrected chi connectivity index (χ2v) is 11.3. The van der Waals surface area contributed by atoms with Gasteiger partial charge in [-0.25, -0.2) is 4.79 Å². The Morgan fingerprint density at radius 1 is 1.19 bits per heavy atom. The summed E-state index contributed by atoms with van der Waals surface area (Å²) in [6.07, 6.45) is 0.0978. The van der Waals surface area contributed by atoms with Crippen LogP contribution in [0.25, 0.3) is 0 Å². The third kappa shape index (κ3) is 4.25. The van der Waals surface area contributed by atoms with Gasteiger partial charge in [-0.3, -0.25) is 4.90 Å². The molecule has 1 heterocycles. The third-order valence-corrected chi connectivity index (χ3v) is 6.34. The molecule has 1 amide bonds. The van der Waals surface area contributed by atoms with Crippen LogP contribution in [0.1, 0.15) is 75.7 Å². The summed E-state index contributed by atoms with van der Waals surface area (Å²) < 4.78 is 12.0. The van der Waals surface area contributed by atoms with Crippen molar-refractivity contribution in [2.75, 3.05) is 6.54 Å². The second kappa shape index (κ2) is 6.83. The predicted molar refractivity (Wildman–Crippen MR) is 107 cm³/mol. The van der Waals surface area contributed by atoms with Crippen LogP contribution in [0.4, 0.5) is 4.79 Å². The van der Waals surface area contributed by atoms with Gasteiger partial charge in [0.25, 0.3) is 0 Å². The number of ether oxygens (including phenoxy) is 1. The van der Waals surface area contributed by atoms with Crippen LogP contribution in [0.3, 0.4) is 0 Å². The van der Waals surface area contributed by atoms with Crippen LogP contribution in [0.2, 0.25) is 0 Å². The van der Waals surface area contributed by atoms with Crippen molar-refractivity contribution in [1.82, 2.24) is 4.90 Å². The molecule has 1 fully saturated rings. The van der Waals surface area contributed by atoms with E-state index >= 15 is 0 Å². The normalized spacial score (nSPS) is 26.7. The van der Waals surface area contributed by atoms with Crippen LogP contribution in [-0.2, 0) is 9.16 Å². The van der Waals surface area contributed by atoms with E-state index in [1.807, 2.05) is 34.6 Å². The molecule has 1 aliphatic heterocycles. The molecule has 0 spiro atoms. The average Bonchev–Trinajstić information content (AvgIpc) is 2.65. The number of likely N-dealkylation sites (tertiary alicyclic amines) is 1. The predicted octanol–water partition coefficient (Wildman–Crippen LogP) is 3.86. The fraction of sp³-hybridized carbons (Fsp3) is 0.900. The van der Waals surface area contributed by atoms with Gasteiger partial charge in [0.2, 0.25) is 0 Å². The van der Waals surface area contributed by atoms with E-state index in [0.29, 0.717) is 23.5 Å². The molecule has 0 unspecified atom stereocenters. The van der Waals surface area contributed by atoms with E-state index < -0.39 is 16.7 Å². The quantitative estimate of drug-likeness (QED) is 0.695. The Kier molecular flexibility index (Phi) is 6.04. The molecule has 0 saturated carbocycles. The SMILES string of the molecule is CC(C)(C#N)C[C@]1(O[SiH3])N(C(=O)OC(C)(C)C)C[C@H](C(C)(C)C)C1(C)C. The van der Waals surface area contributed by atoms with Gasteiger partial charge in [0.1, 0.15) is 21.8 Å². The van der Waals surface area contributed by atoms with Gasteiger partial charge in [0.05, 0.1) is 11.5 Å². The molecule has 0 aromatic carbocycles. The zero-order valence-electron chi connectivity index (χ0n) is 18.6. The van der Waals surface area contributed by atoms with Crippen LogP contribution in [0.15, 0.2) is 0 Å². The first-order valence-corrected chi connectivity index (χ1v) is 10.2. The monoisotopic (exact) mass is 382 g/mol. The first-order valence-electron chi connectivity index (χ1n) is 9.40. The largest absolute Gasteiger partial charge is 0.444 e. The van der Waals surface area contributed by atoms with Gasteiger partial charge in [-0.1, -0.05) is 34.6 Å². The van der Waals surface area contributed by atoms with Gasteiger partial charge in [-0.15, -0.1) is 0 Å². The van der Waals surface area contributed by atoms with Gasteiger partial charge >= 0.3 is 6.09 Å². The van der Waals surface area contributed by atoms with E-state index in [9.17, 15) is 10.1 Å². The molecule has 0 radical (unpaired) electrons. The number of nitriles is 1. The van der Waals surface area contributed by atoms with E-state index in [-0.39, 0.29) is 22.8 Å². The van der Waals surface area contributed by atoms with Crippen molar-refractivity contribution < 1.29 is 14.0 Å². The molecule has 0 aromatic rings. The topological polar surface area (TPSA) is 62.6 Å². The summed E-state index contributed by atoms with van der Waals surface area (Å²) in [5, 5.41) is 9.64. The summed E-state index contributed by atoms with van der Waals surface area (Å²) >= 11 is 0. The standard InChI is InChI=1S/C20H38N2O3Si/c1-16(2,3)14-11-22(15(23)24-17(4,5)6)20(25-26,19(14,9)10)12-18(7,8)13-21/h14H,11-12H2,1-10,26H3/t14-,20-/m1/s1. The molecule has 0 bridgehead atoms. The second-order valence-electron chi connectivity index (χ2n) is 10.9. The van der Waals surface area contributed by atoms with Gasteiger partial charge in [0, 0.05) is 18.4 Å². The molecule has 1 rings (SSSR count). The summed E-state index contributed by atoms with van der Waals surface area (Å²) in [5.41, 5.74) is -2.38. The summed E-state index contributed by atoms with van der Waals surface area (Å²) in [6, 6.07) is 2.38. The first kappa shape index (κ1) is 23.0. The minimum absolute atomic E-state index is 0.0115. The van der Waals surface area contributed by atoms with Gasteiger partial charge < -0.3 is 9.16 Å². The zero-order valence-corrected chi connectivity index (χ0v) is 20.6. The minimum atomic E-state index is -0.848. The Hall–Kier alpha value is -1.06. The molecule has 0 N–H and O–H groups in total. The Bertz CT molecular complexity index is 581. The molecule has 6 heteroatoms. The Morgan fingerprint density at radius 2 is 1.69 bits per heavy atom. The van der Waals surface area contributed by atoms with Gasteiger partial charge in [-0.2, -0.15) is 5.26 Å². The van der Waals surface area contributed by atoms with Gasteiger partial charge in [0.15, 0.2) is 0 Å². The Morgan fingerprint density at radius 3 is 2.04 bits per heavy atom. The van der Waals surface area contributed by atoms with Crippen molar-refractivity contribution in [2.24, 2.45) is 22.2 Å². The number of carbonyl (C=O) groups is 1. The molecule has 150 valence electrons. The number of hydrogen-bond acceptors (Lipinski definition) is 4. The summed E-state index contributed by atoms with van der Waals surface area (Å²) in [6.45, 7) is 20.9. The van der Waals surface area contributed by atoms with Crippen LogP contribution >= 0.6 is 0 Å². The number of carbonyl (C=O) groups excluding carboxylic acids is 1. The summed E-state index contributed by atoms with van der Waals surface area (Å²) in [7, 11) is 0.468. The number of amides is 1. The summed E-state index contributed by atoms with van der Waals surface area (Å²) in [4.78, 5) is 14.9. The molecule has 26 heavy (non-hydrogen) atoms. The number of nitrogens with zero attached hydrogens (tertiary/aromatic N) is 2. The molecule has 2 atom stereocenters. The molecular formula is C20H38N2O3Si. The van der Waals surface area contributed by atoms with Crippen molar-refractivity contribution in [3.63, 3.8) is 0 Å². The zero-order chi connectivity index (χ0) is 20.8. The van der Waals surface area contributed by atoms with E-state index in [1.165, 1.54) is 0 Å². The highest BCUT2D eigenvalue weighted by Crippen LogP contribution is 2.58. The highest BCUT2D eigenvalue weighted by atomic mass is 28.2. The van der Waals surface area contributed by atoms with E-state index in [0.717, 1.165) is 0 Å². The lowest BCUT2D eigenvalue weighted by Crippen LogP contribution is -2.59. The lowest BCUT2D eigenvalue weighted by atomic mass is 9.62. The van der Waals surface area contributed by atoms with Crippen LogP contribution in [0, 0.1) is 33.5 Å².